The average Bonchev–Trinajstić information content (AvgIpc) is 2.51. The third kappa shape index (κ3) is 3.28. The summed E-state index contributed by atoms with van der Waals surface area (Å²) in [4.78, 5) is 38.1. The quantitative estimate of drug-likeness (QED) is 0.623. The van der Waals surface area contributed by atoms with Crippen molar-refractivity contribution in [3.05, 3.63) is 35.4 Å². The van der Waals surface area contributed by atoms with E-state index in [1.165, 1.54) is 0 Å². The molecule has 0 heterocycles. The van der Waals surface area contributed by atoms with Gasteiger partial charge in [0, 0.05) is 5.56 Å². The lowest BCUT2D eigenvalue weighted by atomic mass is 9.62. The summed E-state index contributed by atoms with van der Waals surface area (Å²) in [6.45, 7) is 10.0. The highest BCUT2D eigenvalue weighted by Gasteiger charge is 2.52. The van der Waals surface area contributed by atoms with Gasteiger partial charge in [-0.1, -0.05) is 45.0 Å². The number of esters is 1. The maximum Gasteiger partial charge on any atom is 0.324 e. The van der Waals surface area contributed by atoms with Gasteiger partial charge in [-0.05, 0) is 37.7 Å². The lowest BCUT2D eigenvalue weighted by molar-refractivity contribution is -0.151. The van der Waals surface area contributed by atoms with Crippen molar-refractivity contribution in [1.82, 2.24) is 0 Å². The Kier molecular flexibility index (Phi) is 4.97. The summed E-state index contributed by atoms with van der Waals surface area (Å²) >= 11 is 0. The first-order valence-corrected chi connectivity index (χ1v) is 8.46. The predicted octanol–water partition coefficient (Wildman–Crippen LogP) is 3.72. The summed E-state index contributed by atoms with van der Waals surface area (Å²) in [5.74, 6) is -2.86. The zero-order chi connectivity index (χ0) is 18.1. The van der Waals surface area contributed by atoms with Gasteiger partial charge in [-0.3, -0.25) is 14.4 Å². The zero-order valence-corrected chi connectivity index (χ0v) is 15.1. The molecule has 4 heteroatoms. The molecule has 1 aromatic rings. The second kappa shape index (κ2) is 6.50. The Hall–Kier alpha value is -1.97. The molecule has 0 amide bonds. The van der Waals surface area contributed by atoms with E-state index >= 15 is 0 Å². The van der Waals surface area contributed by atoms with E-state index in [0.717, 1.165) is 12.0 Å². The summed E-state index contributed by atoms with van der Waals surface area (Å²) in [5, 5.41) is 0. The van der Waals surface area contributed by atoms with Crippen molar-refractivity contribution in [2.45, 2.75) is 52.9 Å². The van der Waals surface area contributed by atoms with Crippen LogP contribution in [0.25, 0.3) is 0 Å². The molecule has 4 nitrogen and oxygen atoms in total. The Morgan fingerprint density at radius 2 is 1.83 bits per heavy atom. The number of ketones is 2. The predicted molar refractivity (Wildman–Crippen MR) is 91.9 cm³/mol. The van der Waals surface area contributed by atoms with E-state index in [9.17, 15) is 14.4 Å². The van der Waals surface area contributed by atoms with Crippen LogP contribution in [0.4, 0.5) is 0 Å². The fourth-order valence-corrected chi connectivity index (χ4v) is 3.23. The van der Waals surface area contributed by atoms with Crippen molar-refractivity contribution in [2.75, 3.05) is 6.61 Å². The van der Waals surface area contributed by atoms with Gasteiger partial charge in [0.2, 0.25) is 0 Å². The fourth-order valence-electron chi connectivity index (χ4n) is 3.23. The maximum absolute atomic E-state index is 13.1. The molecule has 130 valence electrons. The topological polar surface area (TPSA) is 60.4 Å². The Morgan fingerprint density at radius 3 is 2.42 bits per heavy atom. The molecule has 2 rings (SSSR count). The van der Waals surface area contributed by atoms with E-state index in [1.807, 2.05) is 19.1 Å². The van der Waals surface area contributed by atoms with Crippen LogP contribution in [0.3, 0.4) is 0 Å². The third-order valence-corrected chi connectivity index (χ3v) is 4.75. The largest absolute Gasteiger partial charge is 0.465 e. The van der Waals surface area contributed by atoms with Gasteiger partial charge in [-0.25, -0.2) is 0 Å². The molecule has 0 bridgehead atoms. The van der Waals surface area contributed by atoms with Gasteiger partial charge >= 0.3 is 5.97 Å². The van der Waals surface area contributed by atoms with E-state index < -0.39 is 23.1 Å². The van der Waals surface area contributed by atoms with Crippen molar-refractivity contribution >= 4 is 17.5 Å². The first-order chi connectivity index (χ1) is 11.1. The molecule has 1 aliphatic rings. The van der Waals surface area contributed by atoms with Crippen LogP contribution in [-0.2, 0) is 19.7 Å². The summed E-state index contributed by atoms with van der Waals surface area (Å²) in [5.41, 5.74) is 0.394. The molecule has 1 aliphatic carbocycles. The van der Waals surface area contributed by atoms with Gasteiger partial charge in [0.05, 0.1) is 12.0 Å². The van der Waals surface area contributed by atoms with E-state index in [1.54, 1.807) is 19.1 Å². The number of carbonyl (C=O) groups excluding carboxylic acids is 3. The van der Waals surface area contributed by atoms with Crippen molar-refractivity contribution in [1.29, 1.82) is 0 Å². The number of ether oxygens (including phenoxy) is 1. The molecule has 0 saturated carbocycles. The van der Waals surface area contributed by atoms with E-state index in [-0.39, 0.29) is 17.8 Å². The normalized spacial score (nSPS) is 23.8. The number of hydrogen-bond donors (Lipinski definition) is 0. The molecule has 0 aliphatic heterocycles. The first-order valence-electron chi connectivity index (χ1n) is 8.46. The number of rotatable bonds is 4. The van der Waals surface area contributed by atoms with Gasteiger partial charge < -0.3 is 4.74 Å². The van der Waals surface area contributed by atoms with Crippen LogP contribution in [0, 0.1) is 11.3 Å². The summed E-state index contributed by atoms with van der Waals surface area (Å²) < 4.78 is 5.00. The SMILES string of the molecule is CCOC(=O)C1C(=O)c2ccccc2[C@](C)(CCC(C)(C)C)C1=O. The summed E-state index contributed by atoms with van der Waals surface area (Å²) in [6, 6.07) is 7.12. The number of fused-ring (bicyclic) bond motifs is 1. The Morgan fingerprint density at radius 1 is 1.21 bits per heavy atom. The molecule has 0 N–H and O–H groups in total. The molecule has 0 saturated heterocycles. The molecule has 0 radical (unpaired) electrons. The minimum Gasteiger partial charge on any atom is -0.465 e. The van der Waals surface area contributed by atoms with Crippen LogP contribution in [0.2, 0.25) is 0 Å². The van der Waals surface area contributed by atoms with Crippen molar-refractivity contribution < 1.29 is 19.1 Å². The van der Waals surface area contributed by atoms with Gasteiger partial charge in [0.1, 0.15) is 0 Å². The van der Waals surface area contributed by atoms with Crippen molar-refractivity contribution in [2.24, 2.45) is 11.3 Å². The molecule has 1 aromatic carbocycles. The minimum absolute atomic E-state index is 0.0547. The highest BCUT2D eigenvalue weighted by atomic mass is 16.5. The van der Waals surface area contributed by atoms with Crippen LogP contribution in [0.5, 0.6) is 0 Å². The standard InChI is InChI=1S/C20H26O4/c1-6-24-18(23)15-16(21)13-9-7-8-10-14(13)20(5,17(15)22)12-11-19(2,3)4/h7-10,15H,6,11-12H2,1-5H3/t15?,20-/m0/s1. The van der Waals surface area contributed by atoms with Crippen LogP contribution < -0.4 is 0 Å². The van der Waals surface area contributed by atoms with E-state index in [2.05, 4.69) is 20.8 Å². The lowest BCUT2D eigenvalue weighted by Gasteiger charge is -2.38. The van der Waals surface area contributed by atoms with Crippen molar-refractivity contribution in [3.8, 4) is 0 Å². The first kappa shape index (κ1) is 18.4. The Labute approximate surface area is 143 Å². The lowest BCUT2D eigenvalue weighted by Crippen LogP contribution is -2.50. The van der Waals surface area contributed by atoms with E-state index in [0.29, 0.717) is 12.0 Å². The number of Topliss-reactive ketones (excluding diaryl/α,β-unsaturated/α-hetero) is 2. The number of carbonyl (C=O) groups is 3. The van der Waals surface area contributed by atoms with Crippen molar-refractivity contribution in [3.63, 3.8) is 0 Å². The highest BCUT2D eigenvalue weighted by Crippen LogP contribution is 2.42. The molecular weight excluding hydrogens is 304 g/mol. The number of hydrogen-bond acceptors (Lipinski definition) is 4. The third-order valence-electron chi connectivity index (χ3n) is 4.75. The van der Waals surface area contributed by atoms with Gasteiger partial charge in [0.25, 0.3) is 0 Å². The van der Waals surface area contributed by atoms with Crippen LogP contribution >= 0.6 is 0 Å². The van der Waals surface area contributed by atoms with Gasteiger partial charge in [0.15, 0.2) is 17.5 Å². The van der Waals surface area contributed by atoms with Crippen LogP contribution in [-0.4, -0.2) is 24.1 Å². The number of benzene rings is 1. The van der Waals surface area contributed by atoms with Crippen LogP contribution in [0.1, 0.15) is 63.4 Å². The van der Waals surface area contributed by atoms with E-state index in [4.69, 9.17) is 4.74 Å². The molecule has 0 aromatic heterocycles. The molecule has 2 atom stereocenters. The Balaban J connectivity index is 2.52. The fraction of sp³-hybridized carbons (Fsp3) is 0.550. The summed E-state index contributed by atoms with van der Waals surface area (Å²) in [7, 11) is 0. The second-order valence-electron chi connectivity index (χ2n) is 7.85. The summed E-state index contributed by atoms with van der Waals surface area (Å²) in [6.07, 6.45) is 1.41. The molecule has 1 unspecified atom stereocenters. The molecule has 0 spiro atoms. The van der Waals surface area contributed by atoms with Crippen LogP contribution in [0.15, 0.2) is 24.3 Å². The highest BCUT2D eigenvalue weighted by molar-refractivity contribution is 6.28. The molecule has 0 fully saturated rings. The Bertz CT molecular complexity index is 668. The average molecular weight is 330 g/mol. The smallest absolute Gasteiger partial charge is 0.324 e. The minimum atomic E-state index is -1.34. The van der Waals surface area contributed by atoms with Gasteiger partial charge in [-0.15, -0.1) is 0 Å². The molecule has 24 heavy (non-hydrogen) atoms. The van der Waals surface area contributed by atoms with Gasteiger partial charge in [-0.2, -0.15) is 0 Å². The second-order valence-corrected chi connectivity index (χ2v) is 7.85. The zero-order valence-electron chi connectivity index (χ0n) is 15.1. The maximum atomic E-state index is 13.1. The molecular formula is C20H26O4. The monoisotopic (exact) mass is 330 g/mol.